The average Bonchev–Trinajstić information content (AvgIpc) is 3.81. The van der Waals surface area contributed by atoms with Gasteiger partial charge >= 0.3 is 0 Å². The van der Waals surface area contributed by atoms with Crippen LogP contribution in [-0.2, 0) is 0 Å². The molecule has 1 aromatic carbocycles. The third-order valence-electron chi connectivity index (χ3n) is 6.86. The molecule has 0 amide bonds. The fourth-order valence-electron chi connectivity index (χ4n) is 5.13. The van der Waals surface area contributed by atoms with Crippen molar-refractivity contribution in [3.63, 3.8) is 0 Å². The van der Waals surface area contributed by atoms with Gasteiger partial charge in [-0.1, -0.05) is 0 Å². The zero-order valence-corrected chi connectivity index (χ0v) is 28.7. The first kappa shape index (κ1) is 29.7. The number of halogens is 1. The second kappa shape index (κ2) is 11.9. The zero-order chi connectivity index (χ0) is 30.4. The monoisotopic (exact) mass is 670 g/mol. The molecule has 0 atom stereocenters. The summed E-state index contributed by atoms with van der Waals surface area (Å²) >= 11 is 10.9. The van der Waals surface area contributed by atoms with Gasteiger partial charge in [-0.15, -0.1) is 74.4 Å². The lowest BCUT2D eigenvalue weighted by Gasteiger charge is -2.11. The van der Waals surface area contributed by atoms with Gasteiger partial charge in [0, 0.05) is 87.5 Å². The third-order valence-corrected chi connectivity index (χ3v) is 13.6. The molecule has 1 N–H and O–H groups in total. The maximum Gasteiger partial charge on any atom is 0.145 e. The van der Waals surface area contributed by atoms with Crippen molar-refractivity contribution in [1.82, 2.24) is 0 Å². The van der Waals surface area contributed by atoms with Crippen LogP contribution in [0.15, 0.2) is 36.4 Å². The van der Waals surface area contributed by atoms with E-state index in [1.807, 2.05) is 58.2 Å². The van der Waals surface area contributed by atoms with Crippen LogP contribution in [0.3, 0.4) is 0 Å². The van der Waals surface area contributed by atoms with Gasteiger partial charge in [0.1, 0.15) is 11.9 Å². The van der Waals surface area contributed by atoms with Crippen molar-refractivity contribution in [2.24, 2.45) is 0 Å². The van der Waals surface area contributed by atoms with E-state index in [2.05, 4.69) is 81.9 Å². The first-order valence-electron chi connectivity index (χ1n) is 13.1. The molecular weight excluding hydrogens is 648 g/mol. The van der Waals surface area contributed by atoms with Gasteiger partial charge in [-0.05, 0) is 82.9 Å². The van der Waals surface area contributed by atoms with E-state index in [1.54, 1.807) is 28.8 Å². The molecule has 7 rings (SSSR count). The maximum atomic E-state index is 14.9. The summed E-state index contributed by atoms with van der Waals surface area (Å²) in [6, 6.07) is 13.8. The summed E-state index contributed by atoms with van der Waals surface area (Å²) in [7, 11) is 0. The molecule has 0 radical (unpaired) electrons. The van der Waals surface area contributed by atoms with Crippen LogP contribution in [-0.4, -0.2) is 5.11 Å². The van der Waals surface area contributed by atoms with E-state index in [4.69, 9.17) is 11.5 Å². The normalized spacial score (nSPS) is 10.7. The van der Waals surface area contributed by atoms with Gasteiger partial charge in [-0.25, -0.2) is 4.39 Å². The number of aliphatic hydroxyl groups excluding tert-OH is 1. The van der Waals surface area contributed by atoms with E-state index < -0.39 is 0 Å². The van der Waals surface area contributed by atoms with Gasteiger partial charge < -0.3 is 5.11 Å². The van der Waals surface area contributed by atoms with Gasteiger partial charge in [0.05, 0.1) is 9.58 Å². The smallest absolute Gasteiger partial charge is 0.145 e. The predicted molar refractivity (Wildman–Crippen MR) is 192 cm³/mol. The minimum Gasteiger partial charge on any atom is -0.461 e. The summed E-state index contributed by atoms with van der Waals surface area (Å²) in [5.41, 5.74) is 2.73. The van der Waals surface area contributed by atoms with E-state index in [0.29, 0.717) is 0 Å². The summed E-state index contributed by atoms with van der Waals surface area (Å²) in [6.45, 7) is 10.5. The zero-order valence-electron chi connectivity index (χ0n) is 23.8. The van der Waals surface area contributed by atoms with Gasteiger partial charge in [-0.2, -0.15) is 0 Å². The highest BCUT2D eigenvalue weighted by atomic mass is 32.1. The van der Waals surface area contributed by atoms with Crippen molar-refractivity contribution < 1.29 is 9.50 Å². The molecule has 0 aliphatic rings. The predicted octanol–water partition coefficient (Wildman–Crippen LogP) is 12.2. The van der Waals surface area contributed by atoms with Crippen LogP contribution >= 0.6 is 68.0 Å². The van der Waals surface area contributed by atoms with E-state index in [0.717, 1.165) is 19.8 Å². The van der Waals surface area contributed by atoms with Gasteiger partial charge in [-0.3, -0.25) is 0 Å². The lowest BCUT2D eigenvalue weighted by molar-refractivity contribution is 0.517. The summed E-state index contributed by atoms with van der Waals surface area (Å²) in [5.74, 6) is 8.42. The Kier molecular flexibility index (Phi) is 8.24. The molecule has 6 aromatic heterocycles. The van der Waals surface area contributed by atoms with E-state index in [1.165, 1.54) is 65.4 Å². The van der Waals surface area contributed by atoms with Crippen molar-refractivity contribution >= 4 is 98.3 Å². The Balaban J connectivity index is 0.000000423. The highest BCUT2D eigenvalue weighted by molar-refractivity contribution is 7.31. The molecular formula is C35H23FOS6. The number of hydrogen-bond donors (Lipinski definition) is 1. The summed E-state index contributed by atoms with van der Waals surface area (Å²) in [4.78, 5) is 10.9. The highest BCUT2D eigenvalue weighted by Crippen LogP contribution is 2.55. The van der Waals surface area contributed by atoms with Crippen LogP contribution in [0.1, 0.15) is 24.4 Å². The Morgan fingerprint density at radius 1 is 0.628 bits per heavy atom. The van der Waals surface area contributed by atoms with Crippen molar-refractivity contribution in [3.05, 3.63) is 66.6 Å². The summed E-state index contributed by atoms with van der Waals surface area (Å²) < 4.78 is 18.7. The van der Waals surface area contributed by atoms with Crippen molar-refractivity contribution in [2.45, 2.75) is 34.6 Å². The Bertz CT molecular complexity index is 2350. The number of fused-ring (bicyclic) bond motifs is 4. The largest absolute Gasteiger partial charge is 0.461 e. The Labute approximate surface area is 273 Å². The molecule has 0 bridgehead atoms. The number of benzene rings is 1. The standard InChI is InChI=1S/C29H21FS6.C6H2O/c1-12-6-8-19(31-12)23-24(20-9-7-13(2)32-20)27-18(17-10-14(3)33-26(17)23)11-21(36-27)28-29-22(15(4)34-28)25(30)16(5)35-29;1-2-3-4-5-6-7/h6-11H,1-5H3;1,7H. The second-order valence-electron chi connectivity index (χ2n) is 9.82. The van der Waals surface area contributed by atoms with E-state index in [9.17, 15) is 4.39 Å². The lowest BCUT2D eigenvalue weighted by atomic mass is 9.99. The van der Waals surface area contributed by atoms with E-state index in [-0.39, 0.29) is 5.82 Å². The first-order valence-corrected chi connectivity index (χ1v) is 18.0. The first-order chi connectivity index (χ1) is 20.7. The molecule has 0 aliphatic carbocycles. The van der Waals surface area contributed by atoms with Crippen LogP contribution in [0.2, 0.25) is 0 Å². The number of aliphatic hydroxyl groups is 1. The molecule has 6 heterocycles. The minimum atomic E-state index is -0.0444. The molecule has 1 nitrogen and oxygen atoms in total. The van der Waals surface area contributed by atoms with Gasteiger partial charge in [0.2, 0.25) is 0 Å². The molecule has 0 aliphatic heterocycles. The van der Waals surface area contributed by atoms with Crippen molar-refractivity contribution in [1.29, 1.82) is 0 Å². The fraction of sp³-hybridized carbons (Fsp3) is 0.143. The van der Waals surface area contributed by atoms with E-state index >= 15 is 0 Å². The third kappa shape index (κ3) is 5.32. The topological polar surface area (TPSA) is 20.2 Å². The van der Waals surface area contributed by atoms with Crippen LogP contribution in [0.25, 0.3) is 60.9 Å². The Morgan fingerprint density at radius 3 is 1.84 bits per heavy atom. The molecule has 0 spiro atoms. The number of terminal acetylenes is 1. The number of hydrogen-bond acceptors (Lipinski definition) is 7. The number of thiophene rings is 6. The quantitative estimate of drug-likeness (QED) is 0.186. The minimum absolute atomic E-state index is 0.0444. The van der Waals surface area contributed by atoms with Crippen molar-refractivity contribution in [2.75, 3.05) is 0 Å². The average molecular weight is 671 g/mol. The van der Waals surface area contributed by atoms with Crippen LogP contribution in [0, 0.1) is 76.6 Å². The Hall–Kier alpha value is -3.39. The molecule has 43 heavy (non-hydrogen) atoms. The van der Waals surface area contributed by atoms with Crippen LogP contribution in [0.4, 0.5) is 4.39 Å². The van der Waals surface area contributed by atoms with Crippen molar-refractivity contribution in [3.8, 4) is 66.8 Å². The SMILES string of the molecule is C#CC#CC#CO.Cc1ccc(-c2c(-c3ccc(C)s3)c3sc(-c4sc(C)c5c(F)c(C)sc45)cc3c3cc(C)sc23)s1. The summed E-state index contributed by atoms with van der Waals surface area (Å²) in [5, 5.41) is 11.2. The molecule has 0 saturated heterocycles. The molecule has 212 valence electrons. The molecule has 0 unspecified atom stereocenters. The van der Waals surface area contributed by atoms with Crippen LogP contribution in [0.5, 0.6) is 0 Å². The molecule has 7 aromatic rings. The lowest BCUT2D eigenvalue weighted by Crippen LogP contribution is -1.83. The van der Waals surface area contributed by atoms with Gasteiger partial charge in [0.15, 0.2) is 0 Å². The number of rotatable bonds is 3. The Morgan fingerprint density at radius 2 is 1.26 bits per heavy atom. The number of aryl methyl sites for hydroxylation is 5. The van der Waals surface area contributed by atoms with Gasteiger partial charge in [0.25, 0.3) is 0 Å². The fourth-order valence-corrected chi connectivity index (χ4v) is 12.0. The highest BCUT2D eigenvalue weighted by Gasteiger charge is 2.25. The van der Waals surface area contributed by atoms with Crippen LogP contribution < -0.4 is 0 Å². The molecule has 8 heteroatoms. The molecule has 0 fully saturated rings. The maximum absolute atomic E-state index is 14.9. The summed E-state index contributed by atoms with van der Waals surface area (Å²) in [6.07, 6.45) is 6.28. The second-order valence-corrected chi connectivity index (χ2v) is 17.2. The molecule has 0 saturated carbocycles.